The van der Waals surface area contributed by atoms with Crippen molar-refractivity contribution in [2.24, 2.45) is 4.99 Å². The number of aromatic nitrogens is 2. The number of nitrogens with zero attached hydrogens (tertiary/aromatic N) is 4. The van der Waals surface area contributed by atoms with Crippen LogP contribution >= 0.6 is 24.0 Å². The molecule has 2 heterocycles. The smallest absolute Gasteiger partial charge is 0.191 e. The second-order valence-corrected chi connectivity index (χ2v) is 6.51. The van der Waals surface area contributed by atoms with E-state index in [0.29, 0.717) is 12.2 Å². The van der Waals surface area contributed by atoms with Crippen LogP contribution in [-0.4, -0.2) is 53.6 Å². The standard InChI is InChI=1S/C19H27FN6.HI/c1-21-19(23-8-11-25-9-3-2-4-10-25)24-14-16-5-6-18(17(20)13-16)26-12-7-22-15-26;/h5-7,12-13,15H,2-4,8-11,14H2,1H3,(H2,21,23,24);1H. The van der Waals surface area contributed by atoms with Crippen LogP contribution in [0.25, 0.3) is 5.69 Å². The van der Waals surface area contributed by atoms with Gasteiger partial charge in [0, 0.05) is 39.1 Å². The van der Waals surface area contributed by atoms with Crippen molar-refractivity contribution < 1.29 is 4.39 Å². The van der Waals surface area contributed by atoms with Crippen LogP contribution in [0.5, 0.6) is 0 Å². The highest BCUT2D eigenvalue weighted by molar-refractivity contribution is 14.0. The van der Waals surface area contributed by atoms with Gasteiger partial charge in [-0.05, 0) is 43.6 Å². The molecular weight excluding hydrogens is 458 g/mol. The van der Waals surface area contributed by atoms with Gasteiger partial charge in [-0.25, -0.2) is 9.37 Å². The van der Waals surface area contributed by atoms with Gasteiger partial charge < -0.3 is 20.1 Å². The number of benzene rings is 1. The Morgan fingerprint density at radius 2 is 2.04 bits per heavy atom. The first-order valence-corrected chi connectivity index (χ1v) is 9.20. The molecule has 0 spiro atoms. The normalized spacial score (nSPS) is 15.3. The zero-order chi connectivity index (χ0) is 18.2. The van der Waals surface area contributed by atoms with Gasteiger partial charge in [-0.1, -0.05) is 12.5 Å². The SMILES string of the molecule is CN=C(NCCN1CCCCC1)NCc1ccc(-n2ccnc2)c(F)c1.I. The van der Waals surface area contributed by atoms with Gasteiger partial charge >= 0.3 is 0 Å². The lowest BCUT2D eigenvalue weighted by Crippen LogP contribution is -2.42. The Bertz CT molecular complexity index is 713. The summed E-state index contributed by atoms with van der Waals surface area (Å²) in [5.74, 6) is 0.469. The first-order chi connectivity index (χ1) is 12.8. The fourth-order valence-corrected chi connectivity index (χ4v) is 3.19. The Hall–Kier alpha value is -1.68. The van der Waals surface area contributed by atoms with Gasteiger partial charge in [-0.3, -0.25) is 4.99 Å². The maximum absolute atomic E-state index is 14.3. The van der Waals surface area contributed by atoms with Crippen LogP contribution in [0.2, 0.25) is 0 Å². The number of hydrogen-bond donors (Lipinski definition) is 2. The van der Waals surface area contributed by atoms with Crippen molar-refractivity contribution in [2.45, 2.75) is 25.8 Å². The largest absolute Gasteiger partial charge is 0.355 e. The predicted molar refractivity (Wildman–Crippen MR) is 117 cm³/mol. The van der Waals surface area contributed by atoms with Gasteiger partial charge in [-0.15, -0.1) is 24.0 Å². The lowest BCUT2D eigenvalue weighted by molar-refractivity contribution is 0.232. The van der Waals surface area contributed by atoms with E-state index in [1.165, 1.54) is 32.4 Å². The topological polar surface area (TPSA) is 57.5 Å². The summed E-state index contributed by atoms with van der Waals surface area (Å²) in [4.78, 5) is 10.7. The Kier molecular flexibility index (Phi) is 8.99. The van der Waals surface area contributed by atoms with Crippen molar-refractivity contribution in [1.29, 1.82) is 0 Å². The molecule has 6 nitrogen and oxygen atoms in total. The minimum atomic E-state index is -0.268. The Morgan fingerprint density at radius 1 is 1.22 bits per heavy atom. The minimum absolute atomic E-state index is 0. The van der Waals surface area contributed by atoms with E-state index >= 15 is 0 Å². The maximum atomic E-state index is 14.3. The summed E-state index contributed by atoms with van der Waals surface area (Å²) < 4.78 is 16.0. The molecule has 2 N–H and O–H groups in total. The highest BCUT2D eigenvalue weighted by Gasteiger charge is 2.10. The minimum Gasteiger partial charge on any atom is -0.355 e. The Morgan fingerprint density at radius 3 is 2.70 bits per heavy atom. The van der Waals surface area contributed by atoms with Crippen LogP contribution in [0.4, 0.5) is 4.39 Å². The molecule has 1 fully saturated rings. The molecule has 1 aliphatic rings. The van der Waals surface area contributed by atoms with Gasteiger partial charge in [0.25, 0.3) is 0 Å². The van der Waals surface area contributed by atoms with E-state index in [9.17, 15) is 4.39 Å². The molecule has 0 bridgehead atoms. The van der Waals surface area contributed by atoms with E-state index in [4.69, 9.17) is 0 Å². The van der Waals surface area contributed by atoms with Crippen molar-refractivity contribution in [3.8, 4) is 5.69 Å². The molecule has 0 aliphatic carbocycles. The molecule has 8 heteroatoms. The van der Waals surface area contributed by atoms with Crippen molar-refractivity contribution >= 4 is 29.9 Å². The first kappa shape index (κ1) is 21.6. The Labute approximate surface area is 177 Å². The van der Waals surface area contributed by atoms with Crippen LogP contribution in [0.15, 0.2) is 41.9 Å². The number of imidazole rings is 1. The molecule has 0 saturated carbocycles. The van der Waals surface area contributed by atoms with Gasteiger partial charge in [0.15, 0.2) is 5.96 Å². The highest BCUT2D eigenvalue weighted by atomic mass is 127. The predicted octanol–water partition coefficient (Wildman–Crippen LogP) is 2.78. The summed E-state index contributed by atoms with van der Waals surface area (Å²) in [6.07, 6.45) is 8.90. The number of guanidine groups is 1. The fraction of sp³-hybridized carbons (Fsp3) is 0.474. The molecule has 2 aromatic rings. The number of rotatable bonds is 6. The van der Waals surface area contributed by atoms with Gasteiger partial charge in [0.1, 0.15) is 5.82 Å². The van der Waals surface area contributed by atoms with Gasteiger partial charge in [0.2, 0.25) is 0 Å². The summed E-state index contributed by atoms with van der Waals surface area (Å²) >= 11 is 0. The van der Waals surface area contributed by atoms with E-state index in [1.807, 2.05) is 6.07 Å². The van der Waals surface area contributed by atoms with Crippen LogP contribution in [0.1, 0.15) is 24.8 Å². The van der Waals surface area contributed by atoms with Crippen molar-refractivity contribution in [1.82, 2.24) is 25.1 Å². The molecule has 27 heavy (non-hydrogen) atoms. The number of hydrogen-bond acceptors (Lipinski definition) is 3. The third kappa shape index (κ3) is 6.46. The molecule has 1 aromatic carbocycles. The quantitative estimate of drug-likeness (QED) is 0.375. The number of aliphatic imine (C=N–C) groups is 1. The first-order valence-electron chi connectivity index (χ1n) is 9.20. The van der Waals surface area contributed by atoms with Crippen LogP contribution in [0, 0.1) is 5.82 Å². The van der Waals surface area contributed by atoms with Gasteiger partial charge in [0.05, 0.1) is 12.0 Å². The maximum Gasteiger partial charge on any atom is 0.191 e. The van der Waals surface area contributed by atoms with Crippen molar-refractivity contribution in [3.05, 3.63) is 48.3 Å². The van der Waals surface area contributed by atoms with E-state index in [0.717, 1.165) is 24.6 Å². The van der Waals surface area contributed by atoms with E-state index < -0.39 is 0 Å². The van der Waals surface area contributed by atoms with E-state index in [-0.39, 0.29) is 29.8 Å². The number of likely N-dealkylation sites (tertiary alicyclic amines) is 1. The molecule has 0 unspecified atom stereocenters. The second kappa shape index (κ2) is 11.2. The van der Waals surface area contributed by atoms with Gasteiger partial charge in [-0.2, -0.15) is 0 Å². The molecule has 0 atom stereocenters. The summed E-state index contributed by atoms with van der Waals surface area (Å²) in [5, 5.41) is 6.57. The lowest BCUT2D eigenvalue weighted by atomic mass is 10.1. The van der Waals surface area contributed by atoms with E-state index in [2.05, 4.69) is 25.5 Å². The molecule has 1 saturated heterocycles. The zero-order valence-corrected chi connectivity index (χ0v) is 18.0. The zero-order valence-electron chi connectivity index (χ0n) is 15.7. The van der Waals surface area contributed by atoms with Crippen LogP contribution < -0.4 is 10.6 Å². The number of nitrogens with one attached hydrogen (secondary N) is 2. The summed E-state index contributed by atoms with van der Waals surface area (Å²) in [7, 11) is 1.75. The average Bonchev–Trinajstić information content (AvgIpc) is 3.20. The molecule has 0 amide bonds. The summed E-state index contributed by atoms with van der Waals surface area (Å²) in [6.45, 7) is 4.78. The monoisotopic (exact) mass is 486 g/mol. The van der Waals surface area contributed by atoms with Crippen LogP contribution in [0.3, 0.4) is 0 Å². The molecule has 1 aliphatic heterocycles. The lowest BCUT2D eigenvalue weighted by Gasteiger charge is -2.26. The molecule has 148 valence electrons. The molecule has 0 radical (unpaired) electrons. The summed E-state index contributed by atoms with van der Waals surface area (Å²) in [6, 6.07) is 5.22. The third-order valence-corrected chi connectivity index (χ3v) is 4.65. The highest BCUT2D eigenvalue weighted by Crippen LogP contribution is 2.14. The summed E-state index contributed by atoms with van der Waals surface area (Å²) in [5.41, 5.74) is 1.36. The molecule has 3 rings (SSSR count). The van der Waals surface area contributed by atoms with E-state index in [1.54, 1.807) is 42.5 Å². The van der Waals surface area contributed by atoms with Crippen molar-refractivity contribution in [2.75, 3.05) is 33.2 Å². The average molecular weight is 486 g/mol. The number of halogens is 2. The van der Waals surface area contributed by atoms with Crippen LogP contribution in [-0.2, 0) is 6.54 Å². The molecule has 1 aromatic heterocycles. The van der Waals surface area contributed by atoms with Crippen molar-refractivity contribution in [3.63, 3.8) is 0 Å². The third-order valence-electron chi connectivity index (χ3n) is 4.65. The second-order valence-electron chi connectivity index (χ2n) is 6.51. The number of piperidine rings is 1. The fourth-order valence-electron chi connectivity index (χ4n) is 3.19. The molecular formula is C19H28FIN6. The Balaban J connectivity index is 0.00000261.